The predicted molar refractivity (Wildman–Crippen MR) is 309 cm³/mol. The highest BCUT2D eigenvalue weighted by Crippen LogP contribution is 2.51. The lowest BCUT2D eigenvalue weighted by atomic mass is 9.97. The van der Waals surface area contributed by atoms with Gasteiger partial charge in [0.25, 0.3) is 0 Å². The summed E-state index contributed by atoms with van der Waals surface area (Å²) in [5, 5.41) is 6.25. The molecule has 9 heteroatoms. The molecule has 0 aliphatic rings. The second-order valence-corrected chi connectivity index (χ2v) is 19.7. The highest BCUT2D eigenvalue weighted by atomic mass is 19.1. The second-order valence-electron chi connectivity index (χ2n) is 19.7. The van der Waals surface area contributed by atoms with Crippen LogP contribution < -0.4 is 4.90 Å². The minimum atomic E-state index is -0.344. The molecule has 8 aromatic carbocycles. The van der Waals surface area contributed by atoms with Gasteiger partial charge >= 0.3 is 0 Å². The molecule has 0 fully saturated rings. The summed E-state index contributed by atoms with van der Waals surface area (Å²) in [6.07, 6.45) is 4.03. The van der Waals surface area contributed by atoms with Crippen molar-refractivity contribution in [1.82, 2.24) is 28.7 Å². The molecule has 16 aromatic rings. The molecule has 8 heterocycles. The molecule has 0 bridgehead atoms. The molecular weight excluding hydrogens is 953 g/mol. The average molecular weight is 992 g/mol. The van der Waals surface area contributed by atoms with Crippen LogP contribution in [0.3, 0.4) is 0 Å². The van der Waals surface area contributed by atoms with Crippen LogP contribution in [0.2, 0.25) is 0 Å². The van der Waals surface area contributed by atoms with Crippen LogP contribution in [0.4, 0.5) is 25.8 Å². The standard InChI is InChI=1S/C68H39F2N7/c69-45-23-29-48(30-24-45)75(49-31-25-46(70)26-32-49)47-27-21-44(22-28-47)62-65-54(63-67-52(36-58(73-63)42-17-9-3-10-18-42)50-34-56(40-13-5-1-6-14-40)71-38-60(50)76(65)67)33-55-64-68-53(37-59(74-64)43-19-11-4-12-20-43)51-35-57(41-15-7-2-8-16-41)72-39-61(51)77(68)66(55)62/h1-39H. The highest BCUT2D eigenvalue weighted by molar-refractivity contribution is 6.32. The van der Waals surface area contributed by atoms with Crippen LogP contribution in [-0.4, -0.2) is 28.7 Å². The van der Waals surface area contributed by atoms with Crippen LogP contribution in [0.15, 0.2) is 237 Å². The molecule has 77 heavy (non-hydrogen) atoms. The van der Waals surface area contributed by atoms with Crippen molar-refractivity contribution < 1.29 is 8.78 Å². The van der Waals surface area contributed by atoms with Gasteiger partial charge in [-0.15, -0.1) is 0 Å². The highest BCUT2D eigenvalue weighted by Gasteiger charge is 2.30. The van der Waals surface area contributed by atoms with Crippen molar-refractivity contribution in [3.8, 4) is 56.2 Å². The molecule has 0 aliphatic carbocycles. The molecule has 0 saturated heterocycles. The van der Waals surface area contributed by atoms with Gasteiger partial charge in [-0.05, 0) is 96.6 Å². The first-order chi connectivity index (χ1) is 38.0. The summed E-state index contributed by atoms with van der Waals surface area (Å²) in [6, 6.07) is 73.9. The van der Waals surface area contributed by atoms with E-state index in [1.165, 1.54) is 24.3 Å². The number of aromatic nitrogens is 6. The Balaban J connectivity index is 1.07. The fourth-order valence-corrected chi connectivity index (χ4v) is 11.9. The van der Waals surface area contributed by atoms with E-state index in [4.69, 9.17) is 19.9 Å². The van der Waals surface area contributed by atoms with Crippen molar-refractivity contribution in [2.24, 2.45) is 0 Å². The lowest BCUT2D eigenvalue weighted by Gasteiger charge is -2.25. The van der Waals surface area contributed by atoms with Crippen molar-refractivity contribution in [1.29, 1.82) is 0 Å². The summed E-state index contributed by atoms with van der Waals surface area (Å²) in [5.74, 6) is -0.687. The molecule has 0 amide bonds. The van der Waals surface area contributed by atoms with Crippen LogP contribution in [-0.2, 0) is 0 Å². The van der Waals surface area contributed by atoms with Gasteiger partial charge in [0.05, 0.1) is 79.3 Å². The molecular formula is C68H39F2N7. The number of hydrogen-bond donors (Lipinski definition) is 0. The van der Waals surface area contributed by atoms with Gasteiger partial charge in [0.2, 0.25) is 0 Å². The monoisotopic (exact) mass is 991 g/mol. The average Bonchev–Trinajstić information content (AvgIpc) is 4.39. The number of fused-ring (bicyclic) bond motifs is 12. The zero-order valence-corrected chi connectivity index (χ0v) is 40.9. The molecule has 0 N–H and O–H groups in total. The first-order valence-corrected chi connectivity index (χ1v) is 25.6. The number of hydrogen-bond acceptors (Lipinski definition) is 5. The Labute approximate surface area is 438 Å². The summed E-state index contributed by atoms with van der Waals surface area (Å²) in [5.41, 5.74) is 19.4. The van der Waals surface area contributed by atoms with Gasteiger partial charge in [-0.2, -0.15) is 0 Å². The van der Waals surface area contributed by atoms with E-state index in [0.717, 1.165) is 150 Å². The van der Waals surface area contributed by atoms with Crippen molar-refractivity contribution >= 4 is 93.5 Å². The summed E-state index contributed by atoms with van der Waals surface area (Å²) in [7, 11) is 0. The fraction of sp³-hybridized carbons (Fsp3) is 0. The summed E-state index contributed by atoms with van der Waals surface area (Å²) in [4.78, 5) is 23.6. The minimum Gasteiger partial charge on any atom is -0.310 e. The molecule has 360 valence electrons. The number of halogens is 2. The summed E-state index contributed by atoms with van der Waals surface area (Å²) >= 11 is 0. The maximum atomic E-state index is 14.5. The van der Waals surface area contributed by atoms with E-state index < -0.39 is 0 Å². The van der Waals surface area contributed by atoms with Crippen molar-refractivity contribution in [2.75, 3.05) is 4.90 Å². The van der Waals surface area contributed by atoms with E-state index in [1.807, 2.05) is 65.8 Å². The Kier molecular flexibility index (Phi) is 9.26. The number of benzene rings is 8. The molecule has 0 aliphatic heterocycles. The van der Waals surface area contributed by atoms with Gasteiger partial charge in [0.1, 0.15) is 11.6 Å². The molecule has 0 saturated carbocycles. The molecule has 0 atom stereocenters. The Hall–Kier alpha value is -10.4. The van der Waals surface area contributed by atoms with Crippen molar-refractivity contribution in [3.63, 3.8) is 0 Å². The number of pyridine rings is 4. The largest absolute Gasteiger partial charge is 0.310 e. The Morgan fingerprint density at radius 1 is 0.312 bits per heavy atom. The van der Waals surface area contributed by atoms with Crippen LogP contribution >= 0.6 is 0 Å². The van der Waals surface area contributed by atoms with E-state index in [2.05, 4.69) is 136 Å². The number of rotatable bonds is 8. The van der Waals surface area contributed by atoms with Crippen LogP contribution in [0.5, 0.6) is 0 Å². The number of anilines is 3. The molecule has 0 radical (unpaired) electrons. The zero-order chi connectivity index (χ0) is 50.9. The molecule has 16 rings (SSSR count). The second kappa shape index (κ2) is 16.6. The van der Waals surface area contributed by atoms with E-state index in [9.17, 15) is 8.78 Å². The predicted octanol–water partition coefficient (Wildman–Crippen LogP) is 17.6. The first kappa shape index (κ1) is 43.1. The quantitative estimate of drug-likeness (QED) is 0.152. The van der Waals surface area contributed by atoms with Gasteiger partial charge in [0, 0.05) is 77.2 Å². The SMILES string of the molecule is Fc1ccc(N(c2ccc(F)cc2)c2ccc(-c3c4c(cc5c6nc(-c7ccccc7)cc7c8cc(-c9ccccc9)ncc8n(c35)c76)c3nc(-c5ccccc5)cc5c6cc(-c7ccccc7)ncc6n4c53)cc2)cc1. The molecule has 7 nitrogen and oxygen atoms in total. The maximum absolute atomic E-state index is 14.5. The van der Waals surface area contributed by atoms with Gasteiger partial charge in [0.15, 0.2) is 0 Å². The van der Waals surface area contributed by atoms with E-state index in [-0.39, 0.29) is 11.6 Å². The van der Waals surface area contributed by atoms with Gasteiger partial charge < -0.3 is 13.7 Å². The molecule has 0 unspecified atom stereocenters. The van der Waals surface area contributed by atoms with Crippen LogP contribution in [0.1, 0.15) is 0 Å². The van der Waals surface area contributed by atoms with Gasteiger partial charge in [-0.3, -0.25) is 9.97 Å². The molecule has 0 spiro atoms. The summed E-state index contributed by atoms with van der Waals surface area (Å²) in [6.45, 7) is 0. The van der Waals surface area contributed by atoms with E-state index in [1.54, 1.807) is 24.3 Å². The Morgan fingerprint density at radius 3 is 1.05 bits per heavy atom. The van der Waals surface area contributed by atoms with Crippen LogP contribution in [0, 0.1) is 11.6 Å². The lowest BCUT2D eigenvalue weighted by molar-refractivity contribution is 0.628. The zero-order valence-electron chi connectivity index (χ0n) is 40.9. The van der Waals surface area contributed by atoms with Crippen molar-refractivity contribution in [3.05, 3.63) is 248 Å². The fourth-order valence-electron chi connectivity index (χ4n) is 11.9. The van der Waals surface area contributed by atoms with Gasteiger partial charge in [-0.25, -0.2) is 18.7 Å². The Bertz CT molecular complexity index is 4660. The smallest absolute Gasteiger partial charge is 0.123 e. The third-order valence-corrected chi connectivity index (χ3v) is 15.4. The third kappa shape index (κ3) is 6.53. The minimum absolute atomic E-state index is 0.344. The maximum Gasteiger partial charge on any atom is 0.123 e. The molecule has 8 aromatic heterocycles. The normalized spacial score (nSPS) is 12.0. The van der Waals surface area contributed by atoms with E-state index in [0.29, 0.717) is 0 Å². The van der Waals surface area contributed by atoms with Gasteiger partial charge in [-0.1, -0.05) is 133 Å². The van der Waals surface area contributed by atoms with Crippen molar-refractivity contribution in [2.45, 2.75) is 0 Å². The third-order valence-electron chi connectivity index (χ3n) is 15.4. The topological polar surface area (TPSA) is 63.6 Å². The lowest BCUT2D eigenvalue weighted by Crippen LogP contribution is -2.10. The first-order valence-electron chi connectivity index (χ1n) is 25.6. The van der Waals surface area contributed by atoms with Crippen LogP contribution in [0.25, 0.3) is 133 Å². The number of nitrogens with zero attached hydrogens (tertiary/aromatic N) is 7. The Morgan fingerprint density at radius 2 is 0.662 bits per heavy atom. The van der Waals surface area contributed by atoms with E-state index >= 15 is 0 Å². The summed E-state index contributed by atoms with van der Waals surface area (Å²) < 4.78 is 33.8.